The topological polar surface area (TPSA) is 103 Å². The van der Waals surface area contributed by atoms with Crippen LogP contribution in [0.3, 0.4) is 0 Å². The molecule has 10 heteroatoms. The standard InChI is InChI=1S/C21H20ClN7O2/c22-16-4-3-14(12-17(16)30)27-8-10-28(11-9-27)18(31)13-29-21-15(2-1-5-25-21)19(26-29)20-23-6-7-24-20/h1-7,12,30H,8-11,13H2,(H,23,24). The van der Waals surface area contributed by atoms with Crippen molar-refractivity contribution in [3.05, 3.63) is 53.9 Å². The molecule has 1 aliphatic rings. The van der Waals surface area contributed by atoms with Gasteiger partial charge in [0.15, 0.2) is 11.5 Å². The van der Waals surface area contributed by atoms with Crippen molar-refractivity contribution in [1.29, 1.82) is 0 Å². The van der Waals surface area contributed by atoms with E-state index in [4.69, 9.17) is 11.6 Å². The number of nitrogens with one attached hydrogen (secondary N) is 1. The number of phenols is 1. The second kappa shape index (κ2) is 7.92. The van der Waals surface area contributed by atoms with E-state index in [1.54, 1.807) is 35.4 Å². The van der Waals surface area contributed by atoms with Gasteiger partial charge < -0.3 is 19.9 Å². The summed E-state index contributed by atoms with van der Waals surface area (Å²) in [5.41, 5.74) is 2.21. The molecule has 0 bridgehead atoms. The number of imidazole rings is 1. The highest BCUT2D eigenvalue weighted by atomic mass is 35.5. The zero-order chi connectivity index (χ0) is 21.4. The first-order chi connectivity index (χ1) is 15.1. The Labute approximate surface area is 182 Å². The van der Waals surface area contributed by atoms with Crippen molar-refractivity contribution >= 4 is 34.2 Å². The van der Waals surface area contributed by atoms with Gasteiger partial charge >= 0.3 is 0 Å². The third kappa shape index (κ3) is 3.68. The van der Waals surface area contributed by atoms with Gasteiger partial charge in [-0.2, -0.15) is 5.10 Å². The Hall–Kier alpha value is -3.59. The number of carbonyl (C=O) groups excluding carboxylic acids is 1. The van der Waals surface area contributed by atoms with Gasteiger partial charge in [0.1, 0.15) is 18.0 Å². The Morgan fingerprint density at radius 3 is 2.71 bits per heavy atom. The number of aromatic amines is 1. The first-order valence-corrected chi connectivity index (χ1v) is 10.3. The van der Waals surface area contributed by atoms with Crippen molar-refractivity contribution in [3.63, 3.8) is 0 Å². The van der Waals surface area contributed by atoms with Crippen LogP contribution in [0.4, 0.5) is 5.69 Å². The number of H-pyrrole nitrogens is 1. The Morgan fingerprint density at radius 2 is 1.97 bits per heavy atom. The van der Waals surface area contributed by atoms with Crippen LogP contribution in [0.25, 0.3) is 22.6 Å². The number of halogens is 1. The van der Waals surface area contributed by atoms with Gasteiger partial charge in [0.2, 0.25) is 5.91 Å². The molecule has 4 aromatic rings. The maximum absolute atomic E-state index is 13.0. The third-order valence-corrected chi connectivity index (χ3v) is 5.76. The molecule has 1 amide bonds. The maximum Gasteiger partial charge on any atom is 0.244 e. The third-order valence-electron chi connectivity index (χ3n) is 5.44. The van der Waals surface area contributed by atoms with Crippen LogP contribution in [0.5, 0.6) is 5.75 Å². The molecule has 4 heterocycles. The van der Waals surface area contributed by atoms with Gasteiger partial charge in [-0.15, -0.1) is 0 Å². The second-order valence-corrected chi connectivity index (χ2v) is 7.73. The number of rotatable bonds is 4. The Bertz CT molecular complexity index is 1230. The number of hydrogen-bond donors (Lipinski definition) is 2. The van der Waals surface area contributed by atoms with Crippen LogP contribution in [-0.2, 0) is 11.3 Å². The molecule has 0 unspecified atom stereocenters. The van der Waals surface area contributed by atoms with E-state index in [1.807, 2.05) is 23.1 Å². The Balaban J connectivity index is 1.30. The first-order valence-electron chi connectivity index (χ1n) is 9.92. The lowest BCUT2D eigenvalue weighted by Gasteiger charge is -2.36. The maximum atomic E-state index is 13.0. The van der Waals surface area contributed by atoms with Gasteiger partial charge in [0.05, 0.1) is 10.4 Å². The lowest BCUT2D eigenvalue weighted by Crippen LogP contribution is -2.49. The minimum atomic E-state index is -0.0142. The number of nitrogens with zero attached hydrogens (tertiary/aromatic N) is 6. The predicted octanol–water partition coefficient (Wildman–Crippen LogP) is 2.53. The number of piperazine rings is 1. The molecule has 0 atom stereocenters. The number of benzene rings is 1. The smallest absolute Gasteiger partial charge is 0.244 e. The number of anilines is 1. The number of hydrogen-bond acceptors (Lipinski definition) is 6. The molecule has 2 N–H and O–H groups in total. The quantitative estimate of drug-likeness (QED) is 0.508. The molecule has 0 spiro atoms. The molecular weight excluding hydrogens is 418 g/mol. The largest absolute Gasteiger partial charge is 0.506 e. The Kier molecular flexibility index (Phi) is 4.95. The number of carbonyl (C=O) groups is 1. The van der Waals surface area contributed by atoms with E-state index < -0.39 is 0 Å². The summed E-state index contributed by atoms with van der Waals surface area (Å²) in [5, 5.41) is 15.6. The highest BCUT2D eigenvalue weighted by Gasteiger charge is 2.24. The summed E-state index contributed by atoms with van der Waals surface area (Å²) in [6, 6.07) is 8.97. The highest BCUT2D eigenvalue weighted by molar-refractivity contribution is 6.32. The number of aromatic nitrogens is 5. The van der Waals surface area contributed by atoms with Crippen molar-refractivity contribution in [2.75, 3.05) is 31.1 Å². The van der Waals surface area contributed by atoms with Crippen LogP contribution in [0, 0.1) is 0 Å². The molecule has 1 aromatic carbocycles. The molecule has 31 heavy (non-hydrogen) atoms. The SMILES string of the molecule is O=C(Cn1nc(-c2ncc[nH]2)c2cccnc21)N1CCN(c2ccc(Cl)c(O)c2)CC1. The normalized spacial score (nSPS) is 14.4. The summed E-state index contributed by atoms with van der Waals surface area (Å²) >= 11 is 5.90. The molecule has 9 nitrogen and oxygen atoms in total. The van der Waals surface area contributed by atoms with Crippen molar-refractivity contribution in [3.8, 4) is 17.3 Å². The number of aromatic hydroxyl groups is 1. The fraction of sp³-hybridized carbons (Fsp3) is 0.238. The van der Waals surface area contributed by atoms with Crippen molar-refractivity contribution < 1.29 is 9.90 Å². The number of pyridine rings is 1. The average molecular weight is 438 g/mol. The van der Waals surface area contributed by atoms with E-state index in [0.29, 0.717) is 48.4 Å². The molecule has 0 aliphatic carbocycles. The van der Waals surface area contributed by atoms with Crippen LogP contribution in [0.2, 0.25) is 5.02 Å². The molecule has 3 aromatic heterocycles. The molecule has 1 saturated heterocycles. The van der Waals surface area contributed by atoms with Gasteiger partial charge in [-0.05, 0) is 24.3 Å². The zero-order valence-electron chi connectivity index (χ0n) is 16.6. The van der Waals surface area contributed by atoms with E-state index in [9.17, 15) is 9.90 Å². The van der Waals surface area contributed by atoms with Crippen molar-refractivity contribution in [2.24, 2.45) is 0 Å². The Morgan fingerprint density at radius 1 is 1.13 bits per heavy atom. The molecular formula is C21H20ClN7O2. The monoisotopic (exact) mass is 437 g/mol. The van der Waals surface area contributed by atoms with Crippen LogP contribution in [0.1, 0.15) is 0 Å². The van der Waals surface area contributed by atoms with E-state index in [1.165, 1.54) is 0 Å². The highest BCUT2D eigenvalue weighted by Crippen LogP contribution is 2.29. The van der Waals surface area contributed by atoms with Gasteiger partial charge in [-0.25, -0.2) is 14.6 Å². The van der Waals surface area contributed by atoms with E-state index in [2.05, 4.69) is 25.0 Å². The van der Waals surface area contributed by atoms with E-state index >= 15 is 0 Å². The fourth-order valence-corrected chi connectivity index (χ4v) is 3.95. The average Bonchev–Trinajstić information content (AvgIpc) is 3.44. The zero-order valence-corrected chi connectivity index (χ0v) is 17.3. The van der Waals surface area contributed by atoms with Crippen LogP contribution in [-0.4, -0.2) is 66.8 Å². The predicted molar refractivity (Wildman–Crippen MR) is 117 cm³/mol. The minimum Gasteiger partial charge on any atom is -0.506 e. The van der Waals surface area contributed by atoms with E-state index in [-0.39, 0.29) is 18.2 Å². The van der Waals surface area contributed by atoms with Gasteiger partial charge in [-0.3, -0.25) is 4.79 Å². The summed E-state index contributed by atoms with van der Waals surface area (Å²) in [4.78, 5) is 28.7. The van der Waals surface area contributed by atoms with Crippen LogP contribution < -0.4 is 4.90 Å². The van der Waals surface area contributed by atoms with Gasteiger partial charge in [0.25, 0.3) is 0 Å². The second-order valence-electron chi connectivity index (χ2n) is 7.32. The molecule has 0 saturated carbocycles. The molecule has 1 aliphatic heterocycles. The van der Waals surface area contributed by atoms with Crippen molar-refractivity contribution in [2.45, 2.75) is 6.54 Å². The minimum absolute atomic E-state index is 0.0142. The van der Waals surface area contributed by atoms with Crippen LogP contribution >= 0.6 is 11.6 Å². The lowest BCUT2D eigenvalue weighted by molar-refractivity contribution is -0.132. The summed E-state index contributed by atoms with van der Waals surface area (Å²) in [6.07, 6.45) is 5.10. The summed E-state index contributed by atoms with van der Waals surface area (Å²) in [7, 11) is 0. The lowest BCUT2D eigenvalue weighted by atomic mass is 10.2. The van der Waals surface area contributed by atoms with Crippen LogP contribution in [0.15, 0.2) is 48.9 Å². The van der Waals surface area contributed by atoms with Gasteiger partial charge in [0, 0.05) is 56.5 Å². The number of fused-ring (bicyclic) bond motifs is 1. The fourth-order valence-electron chi connectivity index (χ4n) is 3.83. The first kappa shape index (κ1) is 19.4. The molecule has 1 fully saturated rings. The molecule has 5 rings (SSSR count). The van der Waals surface area contributed by atoms with E-state index in [0.717, 1.165) is 11.1 Å². The number of phenolic OH excluding ortho intramolecular Hbond substituents is 1. The number of amides is 1. The summed E-state index contributed by atoms with van der Waals surface area (Å²) < 4.78 is 1.64. The summed E-state index contributed by atoms with van der Waals surface area (Å²) in [5.74, 6) is 0.687. The van der Waals surface area contributed by atoms with Gasteiger partial charge in [-0.1, -0.05) is 11.6 Å². The van der Waals surface area contributed by atoms with Crippen molar-refractivity contribution in [1.82, 2.24) is 29.6 Å². The molecule has 0 radical (unpaired) electrons. The summed E-state index contributed by atoms with van der Waals surface area (Å²) in [6.45, 7) is 2.61. The molecule has 158 valence electrons.